The molecule has 0 aromatic heterocycles. The highest BCUT2D eigenvalue weighted by Gasteiger charge is 2.18. The molecule has 5 heteroatoms. The highest BCUT2D eigenvalue weighted by atomic mass is 79.9. The van der Waals surface area contributed by atoms with E-state index >= 15 is 0 Å². The van der Waals surface area contributed by atoms with E-state index in [2.05, 4.69) is 26.6 Å². The third-order valence-corrected chi connectivity index (χ3v) is 3.48. The fourth-order valence-electron chi connectivity index (χ4n) is 1.50. The van der Waals surface area contributed by atoms with Gasteiger partial charge >= 0.3 is 0 Å². The van der Waals surface area contributed by atoms with Crippen LogP contribution in [-0.2, 0) is 11.3 Å². The highest BCUT2D eigenvalue weighted by molar-refractivity contribution is 9.10. The van der Waals surface area contributed by atoms with Gasteiger partial charge in [-0.2, -0.15) is 0 Å². The number of hydrogen-bond donors (Lipinski definition) is 2. The predicted molar refractivity (Wildman–Crippen MR) is 83.3 cm³/mol. The van der Waals surface area contributed by atoms with Crippen molar-refractivity contribution in [1.29, 1.82) is 0 Å². The summed E-state index contributed by atoms with van der Waals surface area (Å²) in [5.41, 5.74) is 0.855. The summed E-state index contributed by atoms with van der Waals surface area (Å²) in [4.78, 5) is 11.9. The van der Waals surface area contributed by atoms with Crippen LogP contribution in [0.2, 0.25) is 5.02 Å². The van der Waals surface area contributed by atoms with Gasteiger partial charge in [0.2, 0.25) is 5.91 Å². The van der Waals surface area contributed by atoms with Crippen molar-refractivity contribution in [2.24, 2.45) is 0 Å². The Hall–Kier alpha value is -0.580. The monoisotopic (exact) mass is 346 g/mol. The zero-order valence-electron chi connectivity index (χ0n) is 11.7. The minimum Gasteiger partial charge on any atom is -0.350 e. The maximum atomic E-state index is 11.9. The first kappa shape index (κ1) is 16.5. The van der Waals surface area contributed by atoms with Gasteiger partial charge in [0, 0.05) is 21.6 Å². The Morgan fingerprint density at radius 2 is 2.05 bits per heavy atom. The van der Waals surface area contributed by atoms with Gasteiger partial charge in [-0.05, 0) is 45.4 Å². The fraction of sp³-hybridized carbons (Fsp3) is 0.500. The molecule has 1 aromatic rings. The van der Waals surface area contributed by atoms with Gasteiger partial charge < -0.3 is 10.6 Å². The van der Waals surface area contributed by atoms with Crippen LogP contribution in [0, 0.1) is 0 Å². The van der Waals surface area contributed by atoms with Gasteiger partial charge in [0.05, 0.1) is 6.04 Å². The lowest BCUT2D eigenvalue weighted by Crippen LogP contribution is -2.49. The second-order valence-electron chi connectivity index (χ2n) is 5.58. The van der Waals surface area contributed by atoms with Gasteiger partial charge in [-0.25, -0.2) is 0 Å². The highest BCUT2D eigenvalue weighted by Crippen LogP contribution is 2.21. The van der Waals surface area contributed by atoms with Crippen molar-refractivity contribution in [3.8, 4) is 0 Å². The number of benzene rings is 1. The molecule has 0 heterocycles. The summed E-state index contributed by atoms with van der Waals surface area (Å²) in [5.74, 6) is -0.00224. The smallest absolute Gasteiger partial charge is 0.237 e. The number of amides is 1. The maximum Gasteiger partial charge on any atom is 0.237 e. The van der Waals surface area contributed by atoms with E-state index < -0.39 is 0 Å². The van der Waals surface area contributed by atoms with E-state index in [1.165, 1.54) is 0 Å². The molecule has 1 rings (SSSR count). The molecule has 2 N–H and O–H groups in total. The number of rotatable bonds is 4. The average molecular weight is 348 g/mol. The van der Waals surface area contributed by atoms with Crippen LogP contribution in [0.25, 0.3) is 0 Å². The third kappa shape index (κ3) is 5.93. The quantitative estimate of drug-likeness (QED) is 0.875. The second kappa shape index (κ2) is 6.73. The summed E-state index contributed by atoms with van der Waals surface area (Å²) in [6.07, 6.45) is 0. The Balaban J connectivity index is 2.54. The number of hydrogen-bond acceptors (Lipinski definition) is 2. The Labute approximate surface area is 128 Å². The van der Waals surface area contributed by atoms with Crippen molar-refractivity contribution in [1.82, 2.24) is 10.6 Å². The maximum absolute atomic E-state index is 11.9. The van der Waals surface area contributed by atoms with Gasteiger partial charge in [-0.1, -0.05) is 33.6 Å². The lowest BCUT2D eigenvalue weighted by Gasteiger charge is -2.23. The van der Waals surface area contributed by atoms with Crippen molar-refractivity contribution in [3.05, 3.63) is 33.3 Å². The van der Waals surface area contributed by atoms with Crippen molar-refractivity contribution in [2.45, 2.75) is 45.8 Å². The van der Waals surface area contributed by atoms with Crippen LogP contribution >= 0.6 is 27.5 Å². The SMILES string of the molecule is CC(NCc1ccc(Cl)cc1Br)C(=O)NC(C)(C)C. The van der Waals surface area contributed by atoms with E-state index in [0.717, 1.165) is 10.0 Å². The van der Waals surface area contributed by atoms with E-state index in [1.807, 2.05) is 45.9 Å². The average Bonchev–Trinajstić information content (AvgIpc) is 2.25. The largest absolute Gasteiger partial charge is 0.350 e. The Bertz CT molecular complexity index is 457. The summed E-state index contributed by atoms with van der Waals surface area (Å²) < 4.78 is 0.941. The molecule has 0 aliphatic heterocycles. The van der Waals surface area contributed by atoms with Gasteiger partial charge in [0.25, 0.3) is 0 Å². The number of carbonyl (C=O) groups is 1. The van der Waals surface area contributed by atoms with Crippen LogP contribution in [0.15, 0.2) is 22.7 Å². The van der Waals surface area contributed by atoms with E-state index in [1.54, 1.807) is 0 Å². The number of nitrogens with one attached hydrogen (secondary N) is 2. The molecule has 0 fully saturated rings. The van der Waals surface area contributed by atoms with Gasteiger partial charge in [-0.15, -0.1) is 0 Å². The Morgan fingerprint density at radius 3 is 2.58 bits per heavy atom. The van der Waals surface area contributed by atoms with Crippen LogP contribution in [0.4, 0.5) is 0 Å². The molecule has 0 saturated heterocycles. The molecule has 0 radical (unpaired) electrons. The summed E-state index contributed by atoms with van der Waals surface area (Å²) in [7, 11) is 0. The van der Waals surface area contributed by atoms with Crippen molar-refractivity contribution in [3.63, 3.8) is 0 Å². The van der Waals surface area contributed by atoms with Crippen LogP contribution < -0.4 is 10.6 Å². The summed E-state index contributed by atoms with van der Waals surface area (Å²) in [6, 6.07) is 5.37. The van der Waals surface area contributed by atoms with E-state index in [4.69, 9.17) is 11.6 Å². The lowest BCUT2D eigenvalue weighted by atomic mass is 10.1. The van der Waals surface area contributed by atoms with Gasteiger partial charge in [-0.3, -0.25) is 4.79 Å². The summed E-state index contributed by atoms with van der Waals surface area (Å²) in [6.45, 7) is 8.36. The Morgan fingerprint density at radius 1 is 1.42 bits per heavy atom. The van der Waals surface area contributed by atoms with Gasteiger partial charge in [0.15, 0.2) is 0 Å². The molecule has 1 amide bonds. The number of halogens is 2. The summed E-state index contributed by atoms with van der Waals surface area (Å²) >= 11 is 9.35. The number of carbonyl (C=O) groups excluding carboxylic acids is 1. The molecule has 0 spiro atoms. The van der Waals surface area contributed by atoms with E-state index in [-0.39, 0.29) is 17.5 Å². The van der Waals surface area contributed by atoms with E-state index in [9.17, 15) is 4.79 Å². The topological polar surface area (TPSA) is 41.1 Å². The third-order valence-electron chi connectivity index (χ3n) is 2.51. The molecule has 19 heavy (non-hydrogen) atoms. The first-order valence-electron chi connectivity index (χ1n) is 6.18. The molecule has 1 aromatic carbocycles. The molecule has 106 valence electrons. The first-order chi connectivity index (χ1) is 8.69. The van der Waals surface area contributed by atoms with Crippen molar-refractivity contribution in [2.75, 3.05) is 0 Å². The molecule has 1 unspecified atom stereocenters. The molecular formula is C14H20BrClN2O. The predicted octanol–water partition coefficient (Wildman–Crippen LogP) is 3.50. The lowest BCUT2D eigenvalue weighted by molar-refractivity contribution is -0.124. The van der Waals surface area contributed by atoms with Crippen molar-refractivity contribution >= 4 is 33.4 Å². The zero-order chi connectivity index (χ0) is 14.6. The minimum atomic E-state index is -0.248. The Kier molecular flexibility index (Phi) is 5.83. The van der Waals surface area contributed by atoms with Crippen molar-refractivity contribution < 1.29 is 4.79 Å². The molecule has 0 bridgehead atoms. The van der Waals surface area contributed by atoms with Crippen LogP contribution in [0.1, 0.15) is 33.3 Å². The standard InChI is InChI=1S/C14H20BrClN2O/c1-9(13(19)18-14(2,3)4)17-8-10-5-6-11(16)7-12(10)15/h5-7,9,17H,8H2,1-4H3,(H,18,19). The van der Waals surface area contributed by atoms with Crippen LogP contribution in [0.3, 0.4) is 0 Å². The molecule has 3 nitrogen and oxygen atoms in total. The fourth-order valence-corrected chi connectivity index (χ4v) is 2.32. The molecule has 0 aliphatic rings. The zero-order valence-corrected chi connectivity index (χ0v) is 14.0. The first-order valence-corrected chi connectivity index (χ1v) is 7.35. The normalized spacial score (nSPS) is 13.2. The molecular weight excluding hydrogens is 328 g/mol. The van der Waals surface area contributed by atoms with Crippen LogP contribution in [0.5, 0.6) is 0 Å². The molecule has 1 atom stereocenters. The summed E-state index contributed by atoms with van der Waals surface area (Å²) in [5, 5.41) is 6.83. The van der Waals surface area contributed by atoms with Gasteiger partial charge in [0.1, 0.15) is 0 Å². The molecule has 0 aliphatic carbocycles. The minimum absolute atomic E-state index is 0.00224. The van der Waals surface area contributed by atoms with Crippen LogP contribution in [-0.4, -0.2) is 17.5 Å². The second-order valence-corrected chi connectivity index (χ2v) is 6.87. The molecule has 0 saturated carbocycles. The van der Waals surface area contributed by atoms with E-state index in [0.29, 0.717) is 11.6 Å².